The number of hydrogen-bond acceptors (Lipinski definition) is 5. The molecule has 1 amide bonds. The zero-order valence-corrected chi connectivity index (χ0v) is 17.6. The lowest BCUT2D eigenvalue weighted by atomic mass is 10.0. The second-order valence-corrected chi connectivity index (χ2v) is 7.89. The highest BCUT2D eigenvalue weighted by atomic mass is 35.5. The van der Waals surface area contributed by atoms with Crippen molar-refractivity contribution in [2.75, 3.05) is 51.5 Å². The van der Waals surface area contributed by atoms with Crippen LogP contribution in [0.1, 0.15) is 9.67 Å². The first kappa shape index (κ1) is 20.9. The number of morpholine rings is 1. The number of carbonyl (C=O) groups excluding carboxylic acids is 1. The standard InChI is InChI=1S/C19H19Cl2N3O3S/c1-22-16-15(13-4-3-12(20)11-14(13)21)17(18(25)23-5-8-26-2)28-19(16)24-6-9-27-10-7-24/h3-4,11H,5-10H2,2H3,(H,23,25). The molecular weight excluding hydrogens is 421 g/mol. The molecule has 0 spiro atoms. The summed E-state index contributed by atoms with van der Waals surface area (Å²) in [6.45, 7) is 11.1. The van der Waals surface area contributed by atoms with E-state index in [9.17, 15) is 4.79 Å². The van der Waals surface area contributed by atoms with Crippen LogP contribution in [0.4, 0.5) is 10.7 Å². The van der Waals surface area contributed by atoms with Crippen LogP contribution >= 0.6 is 34.5 Å². The Kier molecular flexibility index (Phi) is 7.16. The molecule has 0 saturated carbocycles. The fraction of sp³-hybridized carbons (Fsp3) is 0.368. The maximum atomic E-state index is 12.9. The smallest absolute Gasteiger partial charge is 0.260 e. The number of anilines is 1. The highest BCUT2D eigenvalue weighted by molar-refractivity contribution is 7.19. The molecule has 3 rings (SSSR count). The highest BCUT2D eigenvalue weighted by Gasteiger charge is 2.28. The minimum Gasteiger partial charge on any atom is -0.383 e. The Labute approximate surface area is 177 Å². The molecule has 1 N–H and O–H groups in total. The summed E-state index contributed by atoms with van der Waals surface area (Å²) in [5.74, 6) is -0.257. The van der Waals surface area contributed by atoms with E-state index in [-0.39, 0.29) is 5.91 Å². The summed E-state index contributed by atoms with van der Waals surface area (Å²) in [7, 11) is 1.57. The molecule has 1 aromatic heterocycles. The molecule has 1 aliphatic heterocycles. The summed E-state index contributed by atoms with van der Waals surface area (Å²) in [4.78, 5) is 19.2. The van der Waals surface area contributed by atoms with Gasteiger partial charge in [-0.3, -0.25) is 4.79 Å². The number of benzene rings is 1. The number of rotatable bonds is 6. The van der Waals surface area contributed by atoms with Crippen molar-refractivity contribution in [3.05, 3.63) is 44.5 Å². The summed E-state index contributed by atoms with van der Waals surface area (Å²) in [6, 6.07) is 5.07. The van der Waals surface area contributed by atoms with Crippen LogP contribution in [0.2, 0.25) is 10.0 Å². The summed E-state index contributed by atoms with van der Waals surface area (Å²) in [6.07, 6.45) is 0. The molecule has 0 atom stereocenters. The first-order valence-corrected chi connectivity index (χ1v) is 10.2. The van der Waals surface area contributed by atoms with Crippen molar-refractivity contribution in [3.8, 4) is 11.1 Å². The van der Waals surface area contributed by atoms with Gasteiger partial charge in [0.1, 0.15) is 0 Å². The monoisotopic (exact) mass is 439 g/mol. The summed E-state index contributed by atoms with van der Waals surface area (Å²) in [5.41, 5.74) is 1.58. The summed E-state index contributed by atoms with van der Waals surface area (Å²) in [5, 5.41) is 4.49. The number of methoxy groups -OCH3 is 1. The normalized spacial score (nSPS) is 14.0. The van der Waals surface area contributed by atoms with Gasteiger partial charge in [0.2, 0.25) is 5.69 Å². The van der Waals surface area contributed by atoms with Gasteiger partial charge < -0.3 is 19.7 Å². The van der Waals surface area contributed by atoms with Gasteiger partial charge >= 0.3 is 0 Å². The van der Waals surface area contributed by atoms with Crippen molar-refractivity contribution in [2.24, 2.45) is 0 Å². The molecule has 0 bridgehead atoms. The molecule has 0 unspecified atom stereocenters. The van der Waals surface area contributed by atoms with Gasteiger partial charge in [-0.1, -0.05) is 29.3 Å². The number of thiophene rings is 1. The van der Waals surface area contributed by atoms with Gasteiger partial charge in [0.25, 0.3) is 5.91 Å². The minimum absolute atomic E-state index is 0.257. The van der Waals surface area contributed by atoms with E-state index in [0.29, 0.717) is 71.2 Å². The number of nitrogens with zero attached hydrogens (tertiary/aromatic N) is 2. The number of amides is 1. The highest BCUT2D eigenvalue weighted by Crippen LogP contribution is 2.50. The Morgan fingerprint density at radius 3 is 2.79 bits per heavy atom. The third-order valence-electron chi connectivity index (χ3n) is 4.27. The molecule has 9 heteroatoms. The Morgan fingerprint density at radius 1 is 1.39 bits per heavy atom. The average molecular weight is 440 g/mol. The van der Waals surface area contributed by atoms with Crippen LogP contribution in [0.3, 0.4) is 0 Å². The molecule has 1 aliphatic rings. The van der Waals surface area contributed by atoms with E-state index in [1.54, 1.807) is 25.3 Å². The number of ether oxygens (including phenoxy) is 2. The van der Waals surface area contributed by atoms with Crippen LogP contribution in [0.25, 0.3) is 16.0 Å². The maximum absolute atomic E-state index is 12.9. The van der Waals surface area contributed by atoms with Crippen molar-refractivity contribution in [1.29, 1.82) is 0 Å². The predicted octanol–water partition coefficient (Wildman–Crippen LogP) is 4.49. The van der Waals surface area contributed by atoms with Gasteiger partial charge in [0.15, 0.2) is 0 Å². The Bertz CT molecular complexity index is 905. The lowest BCUT2D eigenvalue weighted by molar-refractivity contribution is 0.0941. The maximum Gasteiger partial charge on any atom is 0.260 e. The van der Waals surface area contributed by atoms with Crippen molar-refractivity contribution >= 4 is 51.1 Å². The van der Waals surface area contributed by atoms with Crippen molar-refractivity contribution in [1.82, 2.24) is 5.32 Å². The molecular formula is C19H19Cl2N3O3S. The zero-order chi connectivity index (χ0) is 20.1. The fourth-order valence-corrected chi connectivity index (χ4v) is 4.67. The molecule has 28 heavy (non-hydrogen) atoms. The first-order chi connectivity index (χ1) is 13.6. The van der Waals surface area contributed by atoms with Gasteiger partial charge in [-0.15, -0.1) is 11.3 Å². The van der Waals surface area contributed by atoms with E-state index in [1.807, 2.05) is 0 Å². The third kappa shape index (κ3) is 4.43. The molecule has 1 saturated heterocycles. The van der Waals surface area contributed by atoms with E-state index in [4.69, 9.17) is 39.2 Å². The Morgan fingerprint density at radius 2 is 2.14 bits per heavy atom. The van der Waals surface area contributed by atoms with Crippen molar-refractivity contribution < 1.29 is 14.3 Å². The largest absolute Gasteiger partial charge is 0.383 e. The number of halogens is 2. The quantitative estimate of drug-likeness (QED) is 0.532. The van der Waals surface area contributed by atoms with Gasteiger partial charge in [-0.2, -0.15) is 0 Å². The zero-order valence-electron chi connectivity index (χ0n) is 15.3. The van der Waals surface area contributed by atoms with Gasteiger partial charge in [-0.25, -0.2) is 4.85 Å². The van der Waals surface area contributed by atoms with Crippen LogP contribution in [0, 0.1) is 6.57 Å². The molecule has 1 fully saturated rings. The lowest BCUT2D eigenvalue weighted by Gasteiger charge is -2.28. The molecule has 0 radical (unpaired) electrons. The lowest BCUT2D eigenvalue weighted by Crippen LogP contribution is -2.35. The number of nitrogens with one attached hydrogen (secondary N) is 1. The predicted molar refractivity (Wildman–Crippen MR) is 113 cm³/mol. The molecule has 1 aromatic carbocycles. The van der Waals surface area contributed by atoms with E-state index in [0.717, 1.165) is 5.00 Å². The molecule has 0 aliphatic carbocycles. The topological polar surface area (TPSA) is 55.2 Å². The fourth-order valence-electron chi connectivity index (χ4n) is 2.94. The van der Waals surface area contributed by atoms with E-state index < -0.39 is 0 Å². The first-order valence-electron chi connectivity index (χ1n) is 8.66. The van der Waals surface area contributed by atoms with E-state index >= 15 is 0 Å². The minimum atomic E-state index is -0.257. The molecule has 2 heterocycles. The average Bonchev–Trinajstić information content (AvgIpc) is 3.08. The second kappa shape index (κ2) is 9.59. The van der Waals surface area contributed by atoms with Gasteiger partial charge in [0.05, 0.1) is 36.3 Å². The van der Waals surface area contributed by atoms with Crippen LogP contribution < -0.4 is 10.2 Å². The van der Waals surface area contributed by atoms with Crippen LogP contribution in [-0.2, 0) is 9.47 Å². The summed E-state index contributed by atoms with van der Waals surface area (Å²) >= 11 is 13.8. The Balaban J connectivity index is 2.11. The summed E-state index contributed by atoms with van der Waals surface area (Å²) < 4.78 is 10.4. The molecule has 148 valence electrons. The van der Waals surface area contributed by atoms with Crippen LogP contribution in [0.15, 0.2) is 18.2 Å². The third-order valence-corrected chi connectivity index (χ3v) is 6.06. The van der Waals surface area contributed by atoms with Crippen molar-refractivity contribution in [2.45, 2.75) is 0 Å². The molecule has 6 nitrogen and oxygen atoms in total. The van der Waals surface area contributed by atoms with Crippen LogP contribution in [-0.4, -0.2) is 52.5 Å². The van der Waals surface area contributed by atoms with Crippen LogP contribution in [0.5, 0.6) is 0 Å². The second-order valence-electron chi connectivity index (χ2n) is 6.04. The van der Waals surface area contributed by atoms with E-state index in [1.165, 1.54) is 11.3 Å². The van der Waals surface area contributed by atoms with Gasteiger partial charge in [-0.05, 0) is 17.7 Å². The van der Waals surface area contributed by atoms with Gasteiger partial charge in [0, 0.05) is 42.4 Å². The number of carbonyl (C=O) groups is 1. The Hall–Kier alpha value is -1.82. The SMILES string of the molecule is [C-]#[N+]c1c(N2CCOCC2)sc(C(=O)NCCOC)c1-c1ccc(Cl)cc1Cl. The molecule has 2 aromatic rings. The van der Waals surface area contributed by atoms with Crippen molar-refractivity contribution in [3.63, 3.8) is 0 Å². The number of hydrogen-bond donors (Lipinski definition) is 1. The van der Waals surface area contributed by atoms with E-state index in [2.05, 4.69) is 15.1 Å².